The number of β-amino-alcohol motifs (C(OH)–C–C–N with tert-alkyl or cyclic N) is 1. The van der Waals surface area contributed by atoms with Gasteiger partial charge in [-0.05, 0) is 43.7 Å². The lowest BCUT2D eigenvalue weighted by Crippen LogP contribution is -2.58. The Kier molecular flexibility index (Phi) is 6.45. The van der Waals surface area contributed by atoms with E-state index in [4.69, 9.17) is 4.42 Å². The van der Waals surface area contributed by atoms with Crippen LogP contribution in [0, 0.1) is 11.8 Å². The van der Waals surface area contributed by atoms with Crippen molar-refractivity contribution in [2.24, 2.45) is 11.8 Å². The predicted octanol–water partition coefficient (Wildman–Crippen LogP) is 1.95. The van der Waals surface area contributed by atoms with Crippen molar-refractivity contribution >= 4 is 11.8 Å². The zero-order valence-corrected chi connectivity index (χ0v) is 16.8. The van der Waals surface area contributed by atoms with E-state index in [-0.39, 0.29) is 43.4 Å². The number of carbonyl (C=O) groups excluding carboxylic acids is 2. The van der Waals surface area contributed by atoms with Gasteiger partial charge in [-0.1, -0.05) is 13.8 Å². The van der Waals surface area contributed by atoms with Crippen molar-refractivity contribution < 1.29 is 24.2 Å². The second kappa shape index (κ2) is 8.66. The number of aliphatic hydroxyl groups is 2. The first-order valence-corrected chi connectivity index (χ1v) is 10.3. The second-order valence-corrected chi connectivity index (χ2v) is 8.47. The second-order valence-electron chi connectivity index (χ2n) is 8.47. The van der Waals surface area contributed by atoms with Gasteiger partial charge in [0, 0.05) is 32.0 Å². The molecule has 0 unspecified atom stereocenters. The molecular formula is C21H32N2O5. The highest BCUT2D eigenvalue weighted by Gasteiger charge is 2.59. The summed E-state index contributed by atoms with van der Waals surface area (Å²) in [4.78, 5) is 30.5. The summed E-state index contributed by atoms with van der Waals surface area (Å²) in [6.07, 6.45) is 4.55. The smallest absolute Gasteiger partial charge is 0.248 e. The lowest BCUT2D eigenvalue weighted by Gasteiger charge is -2.41. The third-order valence-corrected chi connectivity index (χ3v) is 6.03. The number of carbonyl (C=O) groups is 2. The number of amides is 2. The Balaban J connectivity index is 2.08. The Bertz CT molecular complexity index is 674. The Morgan fingerprint density at radius 1 is 1.36 bits per heavy atom. The Morgan fingerprint density at radius 2 is 2.14 bits per heavy atom. The van der Waals surface area contributed by atoms with Crippen molar-refractivity contribution in [2.45, 2.75) is 57.5 Å². The van der Waals surface area contributed by atoms with Crippen LogP contribution in [0.15, 0.2) is 22.8 Å². The summed E-state index contributed by atoms with van der Waals surface area (Å²) >= 11 is 0. The summed E-state index contributed by atoms with van der Waals surface area (Å²) < 4.78 is 5.64. The molecule has 2 fully saturated rings. The third-order valence-electron chi connectivity index (χ3n) is 6.03. The Hall–Kier alpha value is -1.86. The summed E-state index contributed by atoms with van der Waals surface area (Å²) in [5.74, 6) is 0.318. The maximum Gasteiger partial charge on any atom is 0.248 e. The van der Waals surface area contributed by atoms with Gasteiger partial charge in [0.25, 0.3) is 0 Å². The van der Waals surface area contributed by atoms with Gasteiger partial charge in [0.05, 0.1) is 18.9 Å². The first-order valence-electron chi connectivity index (χ1n) is 10.3. The Labute approximate surface area is 166 Å². The fourth-order valence-electron chi connectivity index (χ4n) is 4.92. The normalized spacial score (nSPS) is 28.4. The van der Waals surface area contributed by atoms with Gasteiger partial charge < -0.3 is 24.4 Å². The summed E-state index contributed by atoms with van der Waals surface area (Å²) in [6, 6.07) is 3.13. The largest absolute Gasteiger partial charge is 0.467 e. The van der Waals surface area contributed by atoms with Crippen LogP contribution in [-0.4, -0.2) is 63.7 Å². The molecule has 2 saturated heterocycles. The van der Waals surface area contributed by atoms with Crippen LogP contribution in [0.2, 0.25) is 0 Å². The molecule has 2 aliphatic rings. The maximum atomic E-state index is 13.6. The van der Waals surface area contributed by atoms with Gasteiger partial charge in [0.15, 0.2) is 0 Å². The van der Waals surface area contributed by atoms with E-state index in [1.807, 2.05) is 19.9 Å². The van der Waals surface area contributed by atoms with Crippen molar-refractivity contribution in [2.75, 3.05) is 26.3 Å². The number of hydrogen-bond donors (Lipinski definition) is 2. The zero-order valence-electron chi connectivity index (χ0n) is 16.8. The van der Waals surface area contributed by atoms with E-state index in [2.05, 4.69) is 0 Å². The number of furan rings is 1. The molecule has 0 aromatic carbocycles. The summed E-state index contributed by atoms with van der Waals surface area (Å²) in [5, 5.41) is 19.5. The number of aliphatic hydroxyl groups excluding tert-OH is 2. The molecule has 3 heterocycles. The highest BCUT2D eigenvalue weighted by atomic mass is 16.3. The van der Waals surface area contributed by atoms with Crippen LogP contribution >= 0.6 is 0 Å². The monoisotopic (exact) mass is 392 g/mol. The number of likely N-dealkylation sites (tertiary alicyclic amines) is 2. The highest BCUT2D eigenvalue weighted by molar-refractivity contribution is 5.93. The standard InChI is InChI=1S/C21H32N2O5/c1-15(2)12-18(26)23-19(17-6-5-11-28-17)16(14-25)13-21(23)7-3-4-8-22(9-10-24)20(21)27/h5-6,11,15-16,19,24-25H,3-4,7-10,12-14H2,1-2H3/t16-,19-,21+/m1/s1. The van der Waals surface area contributed by atoms with Crippen molar-refractivity contribution in [1.29, 1.82) is 0 Å². The van der Waals surface area contributed by atoms with E-state index < -0.39 is 11.6 Å². The van der Waals surface area contributed by atoms with Crippen molar-refractivity contribution in [3.05, 3.63) is 24.2 Å². The first kappa shape index (κ1) is 20.9. The molecular weight excluding hydrogens is 360 g/mol. The molecule has 7 nitrogen and oxygen atoms in total. The van der Waals surface area contributed by atoms with Gasteiger partial charge >= 0.3 is 0 Å². The lowest BCUT2D eigenvalue weighted by molar-refractivity contribution is -0.154. The lowest BCUT2D eigenvalue weighted by atomic mass is 9.86. The van der Waals surface area contributed by atoms with Crippen molar-refractivity contribution in [3.63, 3.8) is 0 Å². The van der Waals surface area contributed by atoms with E-state index in [0.717, 1.165) is 12.8 Å². The van der Waals surface area contributed by atoms with Crippen LogP contribution in [0.4, 0.5) is 0 Å². The van der Waals surface area contributed by atoms with Crippen molar-refractivity contribution in [1.82, 2.24) is 9.80 Å². The van der Waals surface area contributed by atoms with E-state index in [1.165, 1.54) is 0 Å². The van der Waals surface area contributed by atoms with Crippen LogP contribution in [0.3, 0.4) is 0 Å². The third kappa shape index (κ3) is 3.70. The molecule has 28 heavy (non-hydrogen) atoms. The number of hydrogen-bond acceptors (Lipinski definition) is 5. The first-order chi connectivity index (χ1) is 13.4. The maximum absolute atomic E-state index is 13.6. The van der Waals surface area contributed by atoms with Crippen LogP contribution in [0.5, 0.6) is 0 Å². The summed E-state index contributed by atoms with van der Waals surface area (Å²) in [7, 11) is 0. The van der Waals surface area contributed by atoms with Gasteiger partial charge in [-0.25, -0.2) is 0 Å². The topological polar surface area (TPSA) is 94.2 Å². The van der Waals surface area contributed by atoms with Crippen LogP contribution < -0.4 is 0 Å². The highest BCUT2D eigenvalue weighted by Crippen LogP contribution is 2.51. The molecule has 1 aromatic rings. The fourth-order valence-corrected chi connectivity index (χ4v) is 4.92. The minimum absolute atomic E-state index is 0.0773. The number of rotatable bonds is 6. The molecule has 2 N–H and O–H groups in total. The fraction of sp³-hybridized carbons (Fsp3) is 0.714. The molecule has 3 atom stereocenters. The van der Waals surface area contributed by atoms with Crippen LogP contribution in [0.25, 0.3) is 0 Å². The molecule has 3 rings (SSSR count). The molecule has 0 saturated carbocycles. The van der Waals surface area contributed by atoms with Crippen LogP contribution in [0.1, 0.15) is 57.8 Å². The molecule has 156 valence electrons. The van der Waals surface area contributed by atoms with Gasteiger partial charge in [0.2, 0.25) is 11.8 Å². The van der Waals surface area contributed by atoms with Crippen molar-refractivity contribution in [3.8, 4) is 0 Å². The van der Waals surface area contributed by atoms with Crippen LogP contribution in [-0.2, 0) is 9.59 Å². The van der Waals surface area contributed by atoms with Gasteiger partial charge in [-0.2, -0.15) is 0 Å². The van der Waals surface area contributed by atoms with E-state index in [1.54, 1.807) is 22.1 Å². The summed E-state index contributed by atoms with van der Waals surface area (Å²) in [6.45, 7) is 4.60. The van der Waals surface area contributed by atoms with Gasteiger partial charge in [0.1, 0.15) is 11.3 Å². The molecule has 1 spiro atoms. The average molecular weight is 392 g/mol. The van der Waals surface area contributed by atoms with Gasteiger partial charge in [-0.15, -0.1) is 0 Å². The minimum atomic E-state index is -0.984. The van der Waals surface area contributed by atoms with E-state index >= 15 is 0 Å². The van der Waals surface area contributed by atoms with E-state index in [9.17, 15) is 19.8 Å². The zero-order chi connectivity index (χ0) is 20.3. The summed E-state index contributed by atoms with van der Waals surface area (Å²) in [5.41, 5.74) is -0.984. The molecule has 1 aromatic heterocycles. The minimum Gasteiger partial charge on any atom is -0.467 e. The van der Waals surface area contributed by atoms with Gasteiger partial charge in [-0.3, -0.25) is 9.59 Å². The molecule has 0 aliphatic carbocycles. The average Bonchev–Trinajstić information content (AvgIpc) is 3.25. The predicted molar refractivity (Wildman–Crippen MR) is 103 cm³/mol. The molecule has 0 radical (unpaired) electrons. The number of nitrogens with zero attached hydrogens (tertiary/aromatic N) is 2. The molecule has 7 heteroatoms. The quantitative estimate of drug-likeness (QED) is 0.772. The molecule has 0 bridgehead atoms. The molecule has 2 aliphatic heterocycles. The Morgan fingerprint density at radius 3 is 2.75 bits per heavy atom. The SMILES string of the molecule is CC(C)CC(=O)N1[C@@H](c2ccco2)[C@@H](CO)C[C@]12CCCCN(CCO)C2=O. The molecule has 2 amide bonds. The van der Waals surface area contributed by atoms with E-state index in [0.29, 0.717) is 31.6 Å².